The van der Waals surface area contributed by atoms with Crippen LogP contribution in [0.3, 0.4) is 0 Å². The lowest BCUT2D eigenvalue weighted by Gasteiger charge is -2.15. The van der Waals surface area contributed by atoms with Crippen molar-refractivity contribution in [3.05, 3.63) is 54.4 Å². The average molecular weight is 445 g/mol. The van der Waals surface area contributed by atoms with Gasteiger partial charge in [-0.1, -0.05) is 0 Å². The number of nitrogens with zero attached hydrogens (tertiary/aromatic N) is 4. The molecule has 1 N–H and O–H groups in total. The Morgan fingerprint density at radius 3 is 2.42 bits per heavy atom. The van der Waals surface area contributed by atoms with E-state index in [0.717, 1.165) is 0 Å². The van der Waals surface area contributed by atoms with Gasteiger partial charge in [0, 0.05) is 11.8 Å². The van der Waals surface area contributed by atoms with Gasteiger partial charge < -0.3 is 14.2 Å². The number of hydrogen-bond acceptors (Lipinski definition) is 9. The summed E-state index contributed by atoms with van der Waals surface area (Å²) in [5, 5.41) is 10.9. The van der Waals surface area contributed by atoms with Gasteiger partial charge in [-0.3, -0.25) is 4.72 Å². The van der Waals surface area contributed by atoms with Crippen molar-refractivity contribution >= 4 is 27.8 Å². The van der Waals surface area contributed by atoms with E-state index < -0.39 is 16.0 Å². The molecule has 162 valence electrons. The topological polar surface area (TPSA) is 135 Å². The van der Waals surface area contributed by atoms with Crippen LogP contribution in [0.25, 0.3) is 11.8 Å². The van der Waals surface area contributed by atoms with Gasteiger partial charge in [0.2, 0.25) is 0 Å². The molecule has 1 heterocycles. The second-order valence-corrected chi connectivity index (χ2v) is 7.67. The minimum Gasteiger partial charge on any atom is -0.493 e. The fourth-order valence-corrected chi connectivity index (χ4v) is 3.93. The number of tetrazole rings is 1. The molecular weight excluding hydrogens is 426 g/mol. The van der Waals surface area contributed by atoms with Crippen LogP contribution in [0.1, 0.15) is 5.56 Å². The molecule has 1 aromatic heterocycles. The highest BCUT2D eigenvalue weighted by molar-refractivity contribution is 7.92. The molecule has 3 rings (SSSR count). The molecule has 0 amide bonds. The number of hydrogen-bond donors (Lipinski definition) is 1. The summed E-state index contributed by atoms with van der Waals surface area (Å²) in [6.45, 7) is 0. The van der Waals surface area contributed by atoms with E-state index in [1.54, 1.807) is 24.3 Å². The number of aromatic nitrogens is 4. The summed E-state index contributed by atoms with van der Waals surface area (Å²) in [4.78, 5) is 11.2. The molecule has 0 atom stereocenters. The van der Waals surface area contributed by atoms with Crippen LogP contribution in [0.15, 0.2) is 53.7 Å². The van der Waals surface area contributed by atoms with Crippen molar-refractivity contribution in [2.45, 2.75) is 4.90 Å². The number of benzene rings is 2. The number of sulfonamides is 1. The van der Waals surface area contributed by atoms with Gasteiger partial charge in [-0.05, 0) is 58.5 Å². The van der Waals surface area contributed by atoms with Crippen molar-refractivity contribution in [2.75, 3.05) is 26.1 Å². The highest BCUT2D eigenvalue weighted by atomic mass is 32.2. The van der Waals surface area contributed by atoms with E-state index in [4.69, 9.17) is 9.47 Å². The lowest BCUT2D eigenvalue weighted by Crippen LogP contribution is -2.15. The van der Waals surface area contributed by atoms with Crippen molar-refractivity contribution in [1.29, 1.82) is 0 Å². The van der Waals surface area contributed by atoms with E-state index in [-0.39, 0.29) is 16.4 Å². The molecule has 0 unspecified atom stereocenters. The minimum absolute atomic E-state index is 0.0236. The first-order chi connectivity index (χ1) is 14.9. The van der Waals surface area contributed by atoms with Gasteiger partial charge in [0.25, 0.3) is 10.0 Å². The van der Waals surface area contributed by atoms with Gasteiger partial charge in [0.05, 0.1) is 27.0 Å². The Morgan fingerprint density at radius 1 is 1.10 bits per heavy atom. The molecule has 2 aromatic carbocycles. The molecule has 0 fully saturated rings. The van der Waals surface area contributed by atoms with Crippen LogP contribution in [-0.2, 0) is 19.6 Å². The maximum Gasteiger partial charge on any atom is 0.330 e. The quantitative estimate of drug-likeness (QED) is 0.406. The minimum atomic E-state index is -4.07. The monoisotopic (exact) mass is 445 g/mol. The molecular formula is C19H19N5O6S. The van der Waals surface area contributed by atoms with E-state index in [2.05, 4.69) is 25.0 Å². The van der Waals surface area contributed by atoms with Gasteiger partial charge >= 0.3 is 5.97 Å². The summed E-state index contributed by atoms with van der Waals surface area (Å²) >= 11 is 0. The van der Waals surface area contributed by atoms with E-state index in [9.17, 15) is 13.2 Å². The van der Waals surface area contributed by atoms with Gasteiger partial charge in [0.1, 0.15) is 11.2 Å². The number of anilines is 1. The standard InChI is InChI=1S/C19H19N5O6S/c1-28-16-10-13(4-9-18(25)29-2)11-17(19(16)30-3)31(26,27)21-14-5-7-15(8-6-14)24-12-20-22-23-24/h4-12,21H,1-3H3/b9-4+. The molecule has 3 aromatic rings. The number of rotatable bonds is 8. The Bertz CT molecular complexity index is 1190. The van der Waals surface area contributed by atoms with Crippen molar-refractivity contribution in [3.8, 4) is 17.2 Å². The van der Waals surface area contributed by atoms with Crippen LogP contribution in [0.4, 0.5) is 5.69 Å². The SMILES string of the molecule is COC(=O)/C=C/c1cc(OC)c(OC)c(S(=O)(=O)Nc2ccc(-n3cnnn3)cc2)c1. The Balaban J connectivity index is 1.96. The van der Waals surface area contributed by atoms with Crippen molar-refractivity contribution in [1.82, 2.24) is 20.2 Å². The number of methoxy groups -OCH3 is 3. The Kier molecular flexibility index (Phi) is 6.50. The molecule has 0 radical (unpaired) electrons. The van der Waals surface area contributed by atoms with E-state index >= 15 is 0 Å². The third kappa shape index (κ3) is 4.98. The molecule has 11 nitrogen and oxygen atoms in total. The van der Waals surface area contributed by atoms with Crippen LogP contribution in [0.2, 0.25) is 0 Å². The molecule has 0 saturated carbocycles. The van der Waals surface area contributed by atoms with Gasteiger partial charge in [-0.15, -0.1) is 5.10 Å². The fraction of sp³-hybridized carbons (Fsp3) is 0.158. The number of carbonyl (C=O) groups is 1. The lowest BCUT2D eigenvalue weighted by molar-refractivity contribution is -0.134. The third-order valence-corrected chi connectivity index (χ3v) is 5.49. The molecule has 0 saturated heterocycles. The first kappa shape index (κ1) is 21.8. The highest BCUT2D eigenvalue weighted by Gasteiger charge is 2.24. The zero-order valence-corrected chi connectivity index (χ0v) is 17.7. The van der Waals surface area contributed by atoms with Gasteiger partial charge in [0.15, 0.2) is 11.5 Å². The molecule has 0 aliphatic carbocycles. The van der Waals surface area contributed by atoms with Crippen molar-refractivity contribution < 1.29 is 27.4 Å². The van der Waals surface area contributed by atoms with Crippen molar-refractivity contribution in [3.63, 3.8) is 0 Å². The Morgan fingerprint density at radius 2 is 1.84 bits per heavy atom. The maximum absolute atomic E-state index is 13.1. The van der Waals surface area contributed by atoms with E-state index in [0.29, 0.717) is 16.9 Å². The van der Waals surface area contributed by atoms with E-state index in [1.165, 1.54) is 56.6 Å². The van der Waals surface area contributed by atoms with Crippen LogP contribution in [0, 0.1) is 0 Å². The summed E-state index contributed by atoms with van der Waals surface area (Å²) in [5.74, 6) is -0.376. The van der Waals surface area contributed by atoms with Crippen LogP contribution in [-0.4, -0.2) is 55.9 Å². The molecule has 0 spiro atoms. The normalized spacial score (nSPS) is 11.3. The first-order valence-electron chi connectivity index (χ1n) is 8.76. The predicted molar refractivity (Wildman–Crippen MR) is 111 cm³/mol. The second kappa shape index (κ2) is 9.26. The molecule has 0 aliphatic heterocycles. The summed E-state index contributed by atoms with van der Waals surface area (Å²) in [7, 11) is -0.115. The van der Waals surface area contributed by atoms with E-state index in [1.807, 2.05) is 0 Å². The van der Waals surface area contributed by atoms with Crippen LogP contribution >= 0.6 is 0 Å². The third-order valence-electron chi connectivity index (χ3n) is 4.10. The molecule has 31 heavy (non-hydrogen) atoms. The second-order valence-electron chi connectivity index (χ2n) is 6.02. The summed E-state index contributed by atoms with van der Waals surface area (Å²) < 4.78 is 45.2. The lowest BCUT2D eigenvalue weighted by atomic mass is 10.2. The number of carbonyl (C=O) groups excluding carboxylic acids is 1. The zero-order valence-electron chi connectivity index (χ0n) is 16.8. The summed E-state index contributed by atoms with van der Waals surface area (Å²) in [6, 6.07) is 9.35. The van der Waals surface area contributed by atoms with Crippen molar-refractivity contribution in [2.24, 2.45) is 0 Å². The smallest absolute Gasteiger partial charge is 0.330 e. The molecule has 0 aliphatic rings. The Hall–Kier alpha value is -3.93. The maximum atomic E-state index is 13.1. The summed E-state index contributed by atoms with van der Waals surface area (Å²) in [5.41, 5.74) is 1.37. The zero-order chi connectivity index (χ0) is 22.4. The number of esters is 1. The van der Waals surface area contributed by atoms with Gasteiger partial charge in [-0.2, -0.15) is 0 Å². The Labute approximate surface area is 178 Å². The highest BCUT2D eigenvalue weighted by Crippen LogP contribution is 2.37. The largest absolute Gasteiger partial charge is 0.493 e. The molecule has 0 bridgehead atoms. The predicted octanol–water partition coefficient (Wildman–Crippen LogP) is 1.67. The number of ether oxygens (including phenoxy) is 3. The summed E-state index contributed by atoms with van der Waals surface area (Å²) in [6.07, 6.45) is 4.00. The number of nitrogens with one attached hydrogen (secondary N) is 1. The van der Waals surface area contributed by atoms with Crippen LogP contribution < -0.4 is 14.2 Å². The molecule has 12 heteroatoms. The fourth-order valence-electron chi connectivity index (χ4n) is 2.65. The average Bonchev–Trinajstić information content (AvgIpc) is 3.31. The van der Waals surface area contributed by atoms with Crippen LogP contribution in [0.5, 0.6) is 11.5 Å². The first-order valence-corrected chi connectivity index (χ1v) is 10.2. The van der Waals surface area contributed by atoms with Gasteiger partial charge in [-0.25, -0.2) is 17.9 Å².